The molecule has 0 bridgehead atoms. The Morgan fingerprint density at radius 3 is 2.57 bits per heavy atom. The summed E-state index contributed by atoms with van der Waals surface area (Å²) >= 11 is 0. The van der Waals surface area contributed by atoms with E-state index in [0.717, 1.165) is 5.56 Å². The third-order valence-electron chi connectivity index (χ3n) is 3.49. The lowest BCUT2D eigenvalue weighted by Crippen LogP contribution is -2.03. The molecule has 3 rings (SSSR count). The Labute approximate surface area is 131 Å². The Hall–Kier alpha value is -2.96. The average Bonchev–Trinajstić information content (AvgIpc) is 3.14. The van der Waals surface area contributed by atoms with Crippen molar-refractivity contribution >= 4 is 5.97 Å². The molecule has 2 heterocycles. The van der Waals surface area contributed by atoms with Crippen LogP contribution < -0.4 is 0 Å². The number of carbonyl (C=O) groups is 1. The number of aromatic nitrogens is 4. The molecule has 0 saturated carbocycles. The fourth-order valence-corrected chi connectivity index (χ4v) is 2.36. The van der Waals surface area contributed by atoms with Crippen molar-refractivity contribution in [1.82, 2.24) is 19.5 Å². The number of aromatic carboxylic acids is 1. The van der Waals surface area contributed by atoms with E-state index in [0.29, 0.717) is 17.2 Å². The number of rotatable bonds is 4. The summed E-state index contributed by atoms with van der Waals surface area (Å²) in [5, 5.41) is 9.04. The number of imidazole rings is 2. The maximum absolute atomic E-state index is 13.1. The number of H-pyrrole nitrogens is 1. The minimum Gasteiger partial charge on any atom is -0.476 e. The second-order valence-electron chi connectivity index (χ2n) is 5.39. The summed E-state index contributed by atoms with van der Waals surface area (Å²) in [7, 11) is 0. The molecular formula is C16H15FN4O2. The molecule has 0 amide bonds. The van der Waals surface area contributed by atoms with Crippen molar-refractivity contribution in [1.29, 1.82) is 0 Å². The van der Waals surface area contributed by atoms with Crippen molar-refractivity contribution in [2.24, 2.45) is 0 Å². The van der Waals surface area contributed by atoms with Crippen LogP contribution >= 0.6 is 0 Å². The first-order valence-electron chi connectivity index (χ1n) is 7.09. The highest BCUT2D eigenvalue weighted by molar-refractivity contribution is 5.86. The molecule has 0 spiro atoms. The second-order valence-corrected chi connectivity index (χ2v) is 5.39. The van der Waals surface area contributed by atoms with Gasteiger partial charge in [0.1, 0.15) is 11.5 Å². The zero-order valence-electron chi connectivity index (χ0n) is 12.6. The van der Waals surface area contributed by atoms with Gasteiger partial charge in [-0.2, -0.15) is 0 Å². The molecule has 118 valence electrons. The zero-order chi connectivity index (χ0) is 16.6. The average molecular weight is 314 g/mol. The minimum absolute atomic E-state index is 0.0680. The standard InChI is InChI=1S/C16H15FN4O2/c1-9(2)21-8-19-13(10-3-5-11(17)6-4-10)14(21)15-18-7-12(20-15)16(22)23/h3-9H,1-2H3,(H,18,20)(H,22,23). The molecule has 0 aliphatic heterocycles. The van der Waals surface area contributed by atoms with Gasteiger partial charge in [-0.25, -0.2) is 19.2 Å². The molecule has 3 aromatic rings. The van der Waals surface area contributed by atoms with Crippen LogP contribution in [0.25, 0.3) is 22.8 Å². The number of hydrogen-bond donors (Lipinski definition) is 2. The quantitative estimate of drug-likeness (QED) is 0.773. The number of halogens is 1. The van der Waals surface area contributed by atoms with Gasteiger partial charge < -0.3 is 14.7 Å². The van der Waals surface area contributed by atoms with Gasteiger partial charge in [0.15, 0.2) is 11.5 Å². The molecule has 0 aliphatic carbocycles. The highest BCUT2D eigenvalue weighted by atomic mass is 19.1. The number of benzene rings is 1. The summed E-state index contributed by atoms with van der Waals surface area (Å²) in [5.41, 5.74) is 1.94. The van der Waals surface area contributed by atoms with E-state index in [2.05, 4.69) is 15.0 Å². The lowest BCUT2D eigenvalue weighted by molar-refractivity contribution is 0.0691. The molecule has 6 nitrogen and oxygen atoms in total. The van der Waals surface area contributed by atoms with E-state index in [1.165, 1.54) is 18.3 Å². The lowest BCUT2D eigenvalue weighted by Gasteiger charge is -2.11. The van der Waals surface area contributed by atoms with Gasteiger partial charge in [-0.05, 0) is 38.1 Å². The maximum Gasteiger partial charge on any atom is 0.356 e. The number of aromatic amines is 1. The largest absolute Gasteiger partial charge is 0.476 e. The lowest BCUT2D eigenvalue weighted by atomic mass is 10.1. The second kappa shape index (κ2) is 5.68. The Bertz CT molecular complexity index is 849. The smallest absolute Gasteiger partial charge is 0.356 e. The van der Waals surface area contributed by atoms with Crippen molar-refractivity contribution < 1.29 is 14.3 Å². The normalized spacial score (nSPS) is 11.1. The van der Waals surface area contributed by atoms with Gasteiger partial charge in [-0.3, -0.25) is 0 Å². The number of carboxylic acid groups (broad SMARTS) is 1. The first-order chi connectivity index (χ1) is 11.0. The van der Waals surface area contributed by atoms with Crippen LogP contribution in [0.1, 0.15) is 30.4 Å². The van der Waals surface area contributed by atoms with Crippen LogP contribution in [-0.2, 0) is 0 Å². The molecular weight excluding hydrogens is 299 g/mol. The number of hydrogen-bond acceptors (Lipinski definition) is 3. The number of nitrogens with zero attached hydrogens (tertiary/aromatic N) is 3. The van der Waals surface area contributed by atoms with Crippen molar-refractivity contribution in [3.8, 4) is 22.8 Å². The van der Waals surface area contributed by atoms with Crippen LogP contribution in [0.15, 0.2) is 36.8 Å². The molecule has 2 N–H and O–H groups in total. The Morgan fingerprint density at radius 1 is 1.30 bits per heavy atom. The van der Waals surface area contributed by atoms with E-state index in [1.54, 1.807) is 18.5 Å². The fourth-order valence-electron chi connectivity index (χ4n) is 2.36. The van der Waals surface area contributed by atoms with E-state index >= 15 is 0 Å². The monoisotopic (exact) mass is 314 g/mol. The molecule has 0 atom stereocenters. The highest BCUT2D eigenvalue weighted by Gasteiger charge is 2.20. The predicted molar refractivity (Wildman–Crippen MR) is 82.5 cm³/mol. The van der Waals surface area contributed by atoms with Gasteiger partial charge in [0.25, 0.3) is 0 Å². The zero-order valence-corrected chi connectivity index (χ0v) is 12.6. The summed E-state index contributed by atoms with van der Waals surface area (Å²) in [6.07, 6.45) is 3.01. The summed E-state index contributed by atoms with van der Waals surface area (Å²) < 4.78 is 15.0. The predicted octanol–water partition coefficient (Wildman–Crippen LogP) is 3.36. The summed E-state index contributed by atoms with van der Waals surface area (Å²) in [6, 6.07) is 6.08. The van der Waals surface area contributed by atoms with E-state index in [-0.39, 0.29) is 17.6 Å². The summed E-state index contributed by atoms with van der Waals surface area (Å²) in [5.74, 6) is -1.02. The van der Waals surface area contributed by atoms with Gasteiger partial charge in [-0.1, -0.05) is 0 Å². The van der Waals surface area contributed by atoms with E-state index in [4.69, 9.17) is 5.11 Å². The molecule has 0 fully saturated rings. The fraction of sp³-hybridized carbons (Fsp3) is 0.188. The van der Waals surface area contributed by atoms with Gasteiger partial charge >= 0.3 is 5.97 Å². The van der Waals surface area contributed by atoms with Gasteiger partial charge in [-0.15, -0.1) is 0 Å². The first kappa shape index (κ1) is 15.0. The summed E-state index contributed by atoms with van der Waals surface area (Å²) in [6.45, 7) is 3.97. The van der Waals surface area contributed by atoms with Crippen molar-refractivity contribution in [3.05, 3.63) is 48.3 Å². The molecule has 0 aliphatic rings. The third-order valence-corrected chi connectivity index (χ3v) is 3.49. The molecule has 23 heavy (non-hydrogen) atoms. The van der Waals surface area contributed by atoms with Crippen molar-refractivity contribution in [2.75, 3.05) is 0 Å². The molecule has 0 radical (unpaired) electrons. The van der Waals surface area contributed by atoms with Crippen LogP contribution in [0.5, 0.6) is 0 Å². The van der Waals surface area contributed by atoms with Crippen LogP contribution in [0.3, 0.4) is 0 Å². The Kier molecular flexibility index (Phi) is 3.69. The maximum atomic E-state index is 13.1. The molecule has 0 saturated heterocycles. The highest BCUT2D eigenvalue weighted by Crippen LogP contribution is 2.31. The molecule has 0 unspecified atom stereocenters. The number of nitrogens with one attached hydrogen (secondary N) is 1. The van der Waals surface area contributed by atoms with Gasteiger partial charge in [0, 0.05) is 17.8 Å². The molecule has 7 heteroatoms. The molecule has 2 aromatic heterocycles. The van der Waals surface area contributed by atoms with Crippen LogP contribution in [-0.4, -0.2) is 30.6 Å². The van der Waals surface area contributed by atoms with Crippen LogP contribution in [0, 0.1) is 5.82 Å². The molecule has 1 aromatic carbocycles. The van der Waals surface area contributed by atoms with Gasteiger partial charge in [0.05, 0.1) is 12.0 Å². The topological polar surface area (TPSA) is 83.8 Å². The van der Waals surface area contributed by atoms with E-state index in [9.17, 15) is 9.18 Å². The van der Waals surface area contributed by atoms with Gasteiger partial charge in [0.2, 0.25) is 0 Å². The van der Waals surface area contributed by atoms with Crippen molar-refractivity contribution in [3.63, 3.8) is 0 Å². The number of carboxylic acids is 1. The van der Waals surface area contributed by atoms with Crippen molar-refractivity contribution in [2.45, 2.75) is 19.9 Å². The van der Waals surface area contributed by atoms with Crippen LogP contribution in [0.4, 0.5) is 4.39 Å². The third kappa shape index (κ3) is 2.73. The Balaban J connectivity index is 2.17. The van der Waals surface area contributed by atoms with E-state index in [1.807, 2.05) is 18.4 Å². The minimum atomic E-state index is -1.11. The SMILES string of the molecule is CC(C)n1cnc(-c2ccc(F)cc2)c1-c1nc(C(=O)O)c[nH]1. The Morgan fingerprint density at radius 2 is 2.00 bits per heavy atom. The van der Waals surface area contributed by atoms with Crippen LogP contribution in [0.2, 0.25) is 0 Å². The van der Waals surface area contributed by atoms with E-state index < -0.39 is 5.97 Å². The summed E-state index contributed by atoms with van der Waals surface area (Å²) in [4.78, 5) is 22.4. The first-order valence-corrected chi connectivity index (χ1v) is 7.09.